The van der Waals surface area contributed by atoms with E-state index in [9.17, 15) is 4.79 Å². The Hall–Kier alpha value is -1.85. The summed E-state index contributed by atoms with van der Waals surface area (Å²) >= 11 is 6.34. The molecule has 1 saturated heterocycles. The van der Waals surface area contributed by atoms with E-state index in [1.807, 2.05) is 18.2 Å². The van der Waals surface area contributed by atoms with Crippen LogP contribution in [0.3, 0.4) is 0 Å². The summed E-state index contributed by atoms with van der Waals surface area (Å²) in [4.78, 5) is 16.4. The van der Waals surface area contributed by atoms with Crippen LogP contribution in [0, 0.1) is 5.92 Å². The number of nitrogens with zero attached hydrogens (tertiary/aromatic N) is 1. The number of piperidine rings is 1. The number of rotatable bonds is 6. The highest BCUT2D eigenvalue weighted by Crippen LogP contribution is 2.28. The van der Waals surface area contributed by atoms with Crippen molar-refractivity contribution in [2.24, 2.45) is 5.92 Å². The van der Waals surface area contributed by atoms with E-state index >= 15 is 0 Å². The van der Waals surface area contributed by atoms with Gasteiger partial charge in [-0.25, -0.2) is 0 Å². The maximum absolute atomic E-state index is 12.1. The summed E-state index contributed by atoms with van der Waals surface area (Å²) in [5.74, 6) is 0.736. The van der Waals surface area contributed by atoms with Gasteiger partial charge in [-0.15, -0.1) is 0 Å². The first-order valence-electron chi connectivity index (χ1n) is 8.67. The number of halogens is 1. The highest BCUT2D eigenvalue weighted by molar-refractivity contribution is 6.32. The predicted octanol–water partition coefficient (Wildman–Crippen LogP) is 3.37. The van der Waals surface area contributed by atoms with E-state index < -0.39 is 0 Å². The molecule has 5 nitrogen and oxygen atoms in total. The molecular formula is C19H23ClN2O3. The van der Waals surface area contributed by atoms with Crippen molar-refractivity contribution in [2.75, 3.05) is 26.8 Å². The van der Waals surface area contributed by atoms with Crippen LogP contribution in [0.2, 0.25) is 5.02 Å². The van der Waals surface area contributed by atoms with Crippen LogP contribution in [0.1, 0.15) is 24.8 Å². The number of hydrogen-bond acceptors (Lipinski definition) is 5. The van der Waals surface area contributed by atoms with Crippen LogP contribution in [0.15, 0.2) is 24.4 Å². The molecule has 0 atom stereocenters. The van der Waals surface area contributed by atoms with Crippen LogP contribution < -0.4 is 10.1 Å². The van der Waals surface area contributed by atoms with Crippen LogP contribution in [0.25, 0.3) is 10.9 Å². The fourth-order valence-corrected chi connectivity index (χ4v) is 3.43. The normalized spacial score (nSPS) is 15.3. The Morgan fingerprint density at radius 2 is 2.16 bits per heavy atom. The summed E-state index contributed by atoms with van der Waals surface area (Å²) in [7, 11) is 1.64. The molecule has 1 fully saturated rings. The molecule has 0 saturated carbocycles. The molecule has 25 heavy (non-hydrogen) atoms. The summed E-state index contributed by atoms with van der Waals surface area (Å²) < 4.78 is 10.7. The number of hydrogen-bond donors (Lipinski definition) is 1. The molecule has 1 aliphatic heterocycles. The van der Waals surface area contributed by atoms with Crippen LogP contribution in [0.5, 0.6) is 5.75 Å². The van der Waals surface area contributed by atoms with Crippen LogP contribution in [0.4, 0.5) is 0 Å². The molecule has 0 aliphatic carbocycles. The fraction of sp³-hybridized carbons (Fsp3) is 0.474. The number of fused-ring (bicyclic) bond motifs is 1. The first-order valence-corrected chi connectivity index (χ1v) is 9.05. The third kappa shape index (κ3) is 4.41. The van der Waals surface area contributed by atoms with Crippen LogP contribution in [-0.4, -0.2) is 37.8 Å². The number of nitrogens with one attached hydrogen (secondary N) is 1. The number of carbonyl (C=O) groups excluding carboxylic acids is 1. The van der Waals surface area contributed by atoms with Crippen molar-refractivity contribution in [2.45, 2.75) is 25.7 Å². The maximum Gasteiger partial charge on any atom is 0.309 e. The third-order valence-electron chi connectivity index (χ3n) is 4.62. The number of ether oxygens (including phenoxy) is 2. The van der Waals surface area contributed by atoms with E-state index in [0.717, 1.165) is 61.0 Å². The number of aromatic nitrogens is 1. The number of carbonyl (C=O) groups is 1. The van der Waals surface area contributed by atoms with Gasteiger partial charge in [-0.05, 0) is 62.5 Å². The van der Waals surface area contributed by atoms with Crippen molar-refractivity contribution >= 4 is 28.5 Å². The number of aryl methyl sites for hydroxylation is 1. The SMILES string of the molecule is COc1ccc2ncc(Cl)c(CCCOC(=O)C3CCNCC3)c2c1. The van der Waals surface area contributed by atoms with Crippen molar-refractivity contribution in [1.82, 2.24) is 10.3 Å². The summed E-state index contributed by atoms with van der Waals surface area (Å²) in [6.45, 7) is 2.19. The molecule has 0 spiro atoms. The molecule has 1 N–H and O–H groups in total. The van der Waals surface area contributed by atoms with Gasteiger partial charge in [0, 0.05) is 11.6 Å². The zero-order chi connectivity index (χ0) is 17.6. The lowest BCUT2D eigenvalue weighted by atomic mass is 9.98. The van der Waals surface area contributed by atoms with E-state index in [1.54, 1.807) is 13.3 Å². The Morgan fingerprint density at radius 1 is 1.36 bits per heavy atom. The second kappa shape index (κ2) is 8.50. The Morgan fingerprint density at radius 3 is 2.92 bits per heavy atom. The molecule has 0 bridgehead atoms. The fourth-order valence-electron chi connectivity index (χ4n) is 3.18. The zero-order valence-electron chi connectivity index (χ0n) is 14.4. The van der Waals surface area contributed by atoms with Gasteiger partial charge in [0.15, 0.2) is 0 Å². The molecule has 3 rings (SSSR count). The van der Waals surface area contributed by atoms with Crippen LogP contribution in [-0.2, 0) is 16.0 Å². The summed E-state index contributed by atoms with van der Waals surface area (Å²) in [5.41, 5.74) is 1.90. The largest absolute Gasteiger partial charge is 0.497 e. The Labute approximate surface area is 152 Å². The minimum absolute atomic E-state index is 0.0378. The van der Waals surface area contributed by atoms with Gasteiger partial charge in [-0.2, -0.15) is 0 Å². The molecule has 0 radical (unpaired) electrons. The number of methoxy groups -OCH3 is 1. The molecule has 6 heteroatoms. The summed E-state index contributed by atoms with van der Waals surface area (Å²) in [6.07, 6.45) is 4.85. The van der Waals surface area contributed by atoms with Gasteiger partial charge < -0.3 is 14.8 Å². The van der Waals surface area contributed by atoms with E-state index in [0.29, 0.717) is 11.6 Å². The van der Waals surface area contributed by atoms with Crippen LogP contribution >= 0.6 is 11.6 Å². The average Bonchev–Trinajstić information content (AvgIpc) is 2.66. The first kappa shape index (κ1) is 18.0. The lowest BCUT2D eigenvalue weighted by molar-refractivity contribution is -0.149. The highest BCUT2D eigenvalue weighted by atomic mass is 35.5. The number of benzene rings is 1. The molecule has 0 amide bonds. The second-order valence-electron chi connectivity index (χ2n) is 6.26. The lowest BCUT2D eigenvalue weighted by Crippen LogP contribution is -2.32. The number of pyridine rings is 1. The molecule has 1 aromatic carbocycles. The van der Waals surface area contributed by atoms with Gasteiger partial charge >= 0.3 is 5.97 Å². The predicted molar refractivity (Wildman–Crippen MR) is 98.2 cm³/mol. The number of esters is 1. The molecule has 1 aliphatic rings. The van der Waals surface area contributed by atoms with Crippen molar-refractivity contribution < 1.29 is 14.3 Å². The Bertz CT molecular complexity index is 745. The van der Waals surface area contributed by atoms with Gasteiger partial charge in [-0.1, -0.05) is 11.6 Å². The summed E-state index contributed by atoms with van der Waals surface area (Å²) in [6, 6.07) is 5.75. The van der Waals surface area contributed by atoms with E-state index in [2.05, 4.69) is 10.3 Å². The third-order valence-corrected chi connectivity index (χ3v) is 4.95. The van der Waals surface area contributed by atoms with E-state index in [1.165, 1.54) is 0 Å². The zero-order valence-corrected chi connectivity index (χ0v) is 15.1. The van der Waals surface area contributed by atoms with Crippen molar-refractivity contribution in [3.05, 3.63) is 35.0 Å². The van der Waals surface area contributed by atoms with Crippen molar-refractivity contribution in [3.8, 4) is 5.75 Å². The van der Waals surface area contributed by atoms with Gasteiger partial charge in [0.1, 0.15) is 5.75 Å². The molecule has 134 valence electrons. The van der Waals surface area contributed by atoms with E-state index in [-0.39, 0.29) is 11.9 Å². The molecule has 0 unspecified atom stereocenters. The van der Waals surface area contributed by atoms with Gasteiger partial charge in [0.05, 0.1) is 30.2 Å². The first-order chi connectivity index (χ1) is 12.2. The molecule has 2 heterocycles. The van der Waals surface area contributed by atoms with Crippen molar-refractivity contribution in [3.63, 3.8) is 0 Å². The Balaban J connectivity index is 1.60. The highest BCUT2D eigenvalue weighted by Gasteiger charge is 2.22. The van der Waals surface area contributed by atoms with Crippen molar-refractivity contribution in [1.29, 1.82) is 0 Å². The minimum Gasteiger partial charge on any atom is -0.497 e. The lowest BCUT2D eigenvalue weighted by Gasteiger charge is -2.21. The average molecular weight is 363 g/mol. The topological polar surface area (TPSA) is 60.5 Å². The molecule has 1 aromatic heterocycles. The van der Waals surface area contributed by atoms with Gasteiger partial charge in [0.25, 0.3) is 0 Å². The monoisotopic (exact) mass is 362 g/mol. The second-order valence-corrected chi connectivity index (χ2v) is 6.67. The summed E-state index contributed by atoms with van der Waals surface area (Å²) in [5, 5.41) is 4.87. The van der Waals surface area contributed by atoms with Gasteiger partial charge in [0.2, 0.25) is 0 Å². The smallest absolute Gasteiger partial charge is 0.309 e. The maximum atomic E-state index is 12.1. The van der Waals surface area contributed by atoms with E-state index in [4.69, 9.17) is 21.1 Å². The Kier molecular flexibility index (Phi) is 6.10. The standard InChI is InChI=1S/C19H23ClN2O3/c1-24-14-4-5-18-16(11-14)15(17(20)12-22-18)3-2-10-25-19(23)13-6-8-21-9-7-13/h4-5,11-13,21H,2-3,6-10H2,1H3. The molecule has 2 aromatic rings. The quantitative estimate of drug-likeness (QED) is 0.630. The van der Waals surface area contributed by atoms with Gasteiger partial charge in [-0.3, -0.25) is 9.78 Å². The minimum atomic E-state index is -0.0751. The molecular weight excluding hydrogens is 340 g/mol.